The first kappa shape index (κ1) is 54.6. The number of esters is 1. The van der Waals surface area contributed by atoms with E-state index in [-0.39, 0.29) is 180 Å². The van der Waals surface area contributed by atoms with Crippen molar-refractivity contribution in [2.75, 3.05) is 33.3 Å². The fourth-order valence-electron chi connectivity index (χ4n) is 5.14. The summed E-state index contributed by atoms with van der Waals surface area (Å²) in [5, 5.41) is 35.5. The van der Waals surface area contributed by atoms with Crippen molar-refractivity contribution in [3.05, 3.63) is 112 Å². The monoisotopic (exact) mass is 855 g/mol. The largest absolute Gasteiger partial charge is 1.00 e. The van der Waals surface area contributed by atoms with E-state index in [4.69, 9.17) is 29.4 Å². The molecule has 57 heavy (non-hydrogen) atoms. The minimum atomic E-state index is -1.43. The second kappa shape index (κ2) is 31.5. The number of nitro groups is 1. The Labute approximate surface area is 415 Å². The predicted molar refractivity (Wildman–Crippen MR) is 189 cm³/mol. The van der Waals surface area contributed by atoms with Crippen LogP contribution in [0.1, 0.15) is 48.6 Å². The number of halogens is 2. The van der Waals surface area contributed by atoms with Gasteiger partial charge in [0.15, 0.2) is 0 Å². The molecular weight excluding hydrogens is 811 g/mol. The topological polar surface area (TPSA) is 218 Å². The summed E-state index contributed by atoms with van der Waals surface area (Å²) in [6.45, 7) is 1.10. The zero-order chi connectivity index (χ0) is 40.6. The Hall–Kier alpha value is -2.45. The quantitative estimate of drug-likeness (QED) is 0.0486. The molecule has 0 aromatic heterocycles. The second-order valence-corrected chi connectivity index (χ2v) is 11.7. The predicted octanol–water partition coefficient (Wildman–Crippen LogP) is -1.83. The molecule has 3 aromatic carbocycles. The van der Waals surface area contributed by atoms with E-state index in [1.54, 1.807) is 0 Å². The Morgan fingerprint density at radius 2 is 1.19 bits per heavy atom. The second-order valence-electron chi connectivity index (χ2n) is 11.7. The molecule has 20 heteroatoms. The number of nitro benzene ring substituents is 1. The standard InChI is InChI=1S/C21H21FN2O6.C14H18FNO3.CH2O3.CH4O.2K.H/c22-18-10-12-23(21(26)29-14-15-4-2-1-3-5-15)13-11-19(18)30-20(25)16-6-8-17(9-7-16)24(27)28;15-12-6-8-16(9-7-13(12)17)14(18)19-10-11-4-2-1-3-5-11;2-1-4-3;1-2;;;/h1-9,18-19H,10-14H2;1-5,12-13,17H,6-10H2;1,3H;2H,1H3;;;/q;;;;2*+1;-1/p-1/t18-,19?;12-,13+;;;;;/m00...../s1. The van der Waals surface area contributed by atoms with E-state index in [1.165, 1.54) is 34.1 Å². The third-order valence-electron chi connectivity index (χ3n) is 8.09. The van der Waals surface area contributed by atoms with Crippen molar-refractivity contribution in [2.45, 2.75) is 63.4 Å². The van der Waals surface area contributed by atoms with Crippen LogP contribution in [-0.2, 0) is 37.1 Å². The summed E-state index contributed by atoms with van der Waals surface area (Å²) in [4.78, 5) is 60.6. The fraction of sp³-hybridized carbons (Fsp3) is 0.405. The van der Waals surface area contributed by atoms with Gasteiger partial charge in [0.2, 0.25) is 0 Å². The molecule has 0 radical (unpaired) electrons. The number of carbonyl (C=O) groups is 4. The maximum absolute atomic E-state index is 14.5. The van der Waals surface area contributed by atoms with Gasteiger partial charge in [0.25, 0.3) is 12.2 Å². The summed E-state index contributed by atoms with van der Waals surface area (Å²) in [6, 6.07) is 23.5. The number of aliphatic hydroxyl groups is 2. The van der Waals surface area contributed by atoms with E-state index in [0.717, 1.165) is 18.2 Å². The van der Waals surface area contributed by atoms with Crippen LogP contribution in [-0.4, -0.2) is 107 Å². The number of hydrogen-bond donors (Lipinski definition) is 2. The number of hydrogen-bond acceptors (Lipinski definition) is 13. The summed E-state index contributed by atoms with van der Waals surface area (Å²) >= 11 is 0. The summed E-state index contributed by atoms with van der Waals surface area (Å²) in [5.41, 5.74) is 1.69. The first-order valence-corrected chi connectivity index (χ1v) is 17.0. The van der Waals surface area contributed by atoms with Crippen molar-refractivity contribution in [1.82, 2.24) is 9.80 Å². The molecule has 0 bridgehead atoms. The number of likely N-dealkylation sites (tertiary alicyclic amines) is 2. The van der Waals surface area contributed by atoms with Crippen LogP contribution in [0.3, 0.4) is 0 Å². The molecule has 1 unspecified atom stereocenters. The zero-order valence-corrected chi connectivity index (χ0v) is 38.3. The third-order valence-corrected chi connectivity index (χ3v) is 8.09. The minimum absolute atomic E-state index is 0. The van der Waals surface area contributed by atoms with Crippen LogP contribution in [0.2, 0.25) is 0 Å². The van der Waals surface area contributed by atoms with Gasteiger partial charge in [-0.2, -0.15) is 0 Å². The molecule has 2 aliphatic heterocycles. The Balaban J connectivity index is 0. The normalized spacial score (nSPS) is 18.4. The smallest absolute Gasteiger partial charge is 1.00 e. The van der Waals surface area contributed by atoms with Crippen LogP contribution >= 0.6 is 0 Å². The number of rotatable bonds is 8. The van der Waals surface area contributed by atoms with E-state index in [1.807, 2.05) is 60.7 Å². The Morgan fingerprint density at radius 3 is 1.63 bits per heavy atom. The van der Waals surface area contributed by atoms with Gasteiger partial charge in [0, 0.05) is 51.8 Å². The average molecular weight is 856 g/mol. The van der Waals surface area contributed by atoms with Gasteiger partial charge in [-0.05, 0) is 42.5 Å². The molecule has 0 spiro atoms. The molecule has 5 rings (SSSR count). The molecule has 4 atom stereocenters. The van der Waals surface area contributed by atoms with Gasteiger partial charge in [-0.25, -0.2) is 23.2 Å². The van der Waals surface area contributed by atoms with Gasteiger partial charge in [-0.15, -0.1) is 0 Å². The summed E-state index contributed by atoms with van der Waals surface area (Å²) in [5.74, 6) is -0.766. The van der Waals surface area contributed by atoms with Crippen LogP contribution in [0.15, 0.2) is 84.9 Å². The third kappa shape index (κ3) is 20.9. The number of alkyl halides is 2. The molecule has 2 aliphatic rings. The van der Waals surface area contributed by atoms with Crippen molar-refractivity contribution < 1.29 is 172 Å². The fourth-order valence-corrected chi connectivity index (χ4v) is 5.14. The van der Waals surface area contributed by atoms with E-state index < -0.39 is 47.6 Å². The molecule has 3 aromatic rings. The maximum atomic E-state index is 14.5. The molecular formula is C37H45F2K2N3O13. The van der Waals surface area contributed by atoms with Crippen LogP contribution in [0.5, 0.6) is 0 Å². The zero-order valence-electron chi connectivity index (χ0n) is 33.0. The van der Waals surface area contributed by atoms with E-state index in [2.05, 4.69) is 4.89 Å². The number of aliphatic hydroxyl groups excluding tert-OH is 2. The number of non-ortho nitro benzene ring substituents is 1. The van der Waals surface area contributed by atoms with Crippen LogP contribution < -0.4 is 108 Å². The molecule has 302 valence electrons. The molecule has 2 fully saturated rings. The van der Waals surface area contributed by atoms with Gasteiger partial charge < -0.3 is 45.8 Å². The van der Waals surface area contributed by atoms with E-state index >= 15 is 0 Å². The molecule has 16 nitrogen and oxygen atoms in total. The van der Waals surface area contributed by atoms with Crippen molar-refractivity contribution in [1.29, 1.82) is 0 Å². The molecule has 0 aliphatic carbocycles. The Kier molecular flexibility index (Phi) is 30.1. The first-order valence-electron chi connectivity index (χ1n) is 17.0. The van der Waals surface area contributed by atoms with Gasteiger partial charge in [0.05, 0.1) is 16.6 Å². The van der Waals surface area contributed by atoms with E-state index in [9.17, 15) is 38.4 Å². The molecule has 0 saturated carbocycles. The average Bonchev–Trinajstić information content (AvgIpc) is 3.51. The van der Waals surface area contributed by atoms with Crippen LogP contribution in [0.25, 0.3) is 0 Å². The van der Waals surface area contributed by atoms with Crippen molar-refractivity contribution in [3.63, 3.8) is 0 Å². The molecule has 2 N–H and O–H groups in total. The van der Waals surface area contributed by atoms with Crippen LogP contribution in [0.4, 0.5) is 24.1 Å². The van der Waals surface area contributed by atoms with Crippen molar-refractivity contribution >= 4 is 30.3 Å². The van der Waals surface area contributed by atoms with Crippen LogP contribution in [0, 0.1) is 10.1 Å². The Bertz CT molecular complexity index is 1600. The van der Waals surface area contributed by atoms with Gasteiger partial charge >= 0.3 is 121 Å². The van der Waals surface area contributed by atoms with E-state index in [0.29, 0.717) is 6.54 Å². The van der Waals surface area contributed by atoms with Gasteiger partial charge in [0.1, 0.15) is 31.7 Å². The number of carbonyl (C=O) groups excluding carboxylic acids is 4. The summed E-state index contributed by atoms with van der Waals surface area (Å²) < 4.78 is 43.5. The number of nitrogens with zero attached hydrogens (tertiary/aromatic N) is 3. The number of amides is 2. The number of benzene rings is 3. The molecule has 2 saturated heterocycles. The van der Waals surface area contributed by atoms with Gasteiger partial charge in [-0.3, -0.25) is 14.9 Å². The SMILES string of the molecule is CO.O=C(OC1CCN(C(=O)OCc2ccccc2)CC[C@@H]1F)c1ccc([N+](=O)[O-])cc1.O=C(OCc1ccccc1)N1CC[C@@H](O)[C@@H](F)CC1.O=CO[O-].[H-].[K+].[K+]. The minimum Gasteiger partial charge on any atom is -1.00 e. The Morgan fingerprint density at radius 1 is 0.772 bits per heavy atom. The summed E-state index contributed by atoms with van der Waals surface area (Å²) in [6.07, 6.45) is -5.14. The van der Waals surface area contributed by atoms with Crippen molar-refractivity contribution in [2.24, 2.45) is 0 Å². The molecule has 2 heterocycles. The molecule has 2 amide bonds. The maximum Gasteiger partial charge on any atom is 1.00 e. The first-order chi connectivity index (χ1) is 26.5. The van der Waals surface area contributed by atoms with Crippen molar-refractivity contribution in [3.8, 4) is 0 Å². The summed E-state index contributed by atoms with van der Waals surface area (Å²) in [7, 11) is 1.00. The van der Waals surface area contributed by atoms with Gasteiger partial charge in [-0.1, -0.05) is 60.7 Å². The number of ether oxygens (including phenoxy) is 3.